The molecule has 0 spiro atoms. The zero-order valence-corrected chi connectivity index (χ0v) is 10.9. The van der Waals surface area contributed by atoms with E-state index in [1.54, 1.807) is 11.3 Å². The maximum atomic E-state index is 8.85. The molecule has 3 nitrogen and oxygen atoms in total. The van der Waals surface area contributed by atoms with Gasteiger partial charge in [0.05, 0.1) is 16.8 Å². The second kappa shape index (κ2) is 6.10. The summed E-state index contributed by atoms with van der Waals surface area (Å²) in [6, 6.07) is 8.24. The van der Waals surface area contributed by atoms with Crippen LogP contribution in [0.2, 0.25) is 0 Å². The first-order valence-corrected chi connectivity index (χ1v) is 6.82. The second-order valence-electron chi connectivity index (χ2n) is 4.02. The molecule has 1 aromatic carbocycles. The van der Waals surface area contributed by atoms with E-state index in [2.05, 4.69) is 28.9 Å². The number of nitrogens with zero attached hydrogens (tertiary/aromatic N) is 2. The molecule has 1 N–H and O–H groups in total. The number of thiazole rings is 1. The number of aliphatic hydroxyl groups excluding tert-OH is 1. The van der Waals surface area contributed by atoms with Crippen molar-refractivity contribution in [2.24, 2.45) is 0 Å². The minimum absolute atomic E-state index is 0.260. The van der Waals surface area contributed by atoms with Crippen molar-refractivity contribution in [1.29, 1.82) is 0 Å². The van der Waals surface area contributed by atoms with Gasteiger partial charge in [0.15, 0.2) is 0 Å². The topological polar surface area (TPSA) is 36.4 Å². The Morgan fingerprint density at radius 3 is 2.88 bits per heavy atom. The molecule has 0 fully saturated rings. The highest BCUT2D eigenvalue weighted by atomic mass is 32.1. The van der Waals surface area contributed by atoms with E-state index < -0.39 is 0 Å². The zero-order valence-electron chi connectivity index (χ0n) is 10.1. The average Bonchev–Trinajstić information content (AvgIpc) is 2.76. The third-order valence-electron chi connectivity index (χ3n) is 2.78. The number of para-hydroxylation sites is 1. The van der Waals surface area contributed by atoms with Crippen molar-refractivity contribution in [3.05, 3.63) is 29.3 Å². The summed E-state index contributed by atoms with van der Waals surface area (Å²) in [6.07, 6.45) is 0.832. The third-order valence-corrected chi connectivity index (χ3v) is 3.80. The Balaban J connectivity index is 2.06. The quantitative estimate of drug-likeness (QED) is 0.855. The first-order valence-electron chi connectivity index (χ1n) is 6.01. The molecule has 0 saturated heterocycles. The molecule has 0 saturated carbocycles. The predicted octanol–water partition coefficient (Wildman–Crippen LogP) is 2.50. The molecule has 0 bridgehead atoms. The predicted molar refractivity (Wildman–Crippen MR) is 72.3 cm³/mol. The highest BCUT2D eigenvalue weighted by molar-refractivity contribution is 7.18. The molecular formula is C13H18N2OS. The van der Waals surface area contributed by atoms with Crippen molar-refractivity contribution in [1.82, 2.24) is 9.88 Å². The molecule has 0 amide bonds. The Morgan fingerprint density at radius 2 is 2.18 bits per heavy atom. The molecule has 0 aliphatic rings. The zero-order chi connectivity index (χ0) is 12.1. The van der Waals surface area contributed by atoms with E-state index >= 15 is 0 Å². The summed E-state index contributed by atoms with van der Waals surface area (Å²) in [5.74, 6) is 0. The van der Waals surface area contributed by atoms with Gasteiger partial charge in [0.25, 0.3) is 0 Å². The van der Waals surface area contributed by atoms with E-state index in [9.17, 15) is 0 Å². The molecule has 0 unspecified atom stereocenters. The minimum Gasteiger partial charge on any atom is -0.396 e. The van der Waals surface area contributed by atoms with Crippen LogP contribution in [0.3, 0.4) is 0 Å². The molecule has 1 aromatic heterocycles. The van der Waals surface area contributed by atoms with Gasteiger partial charge >= 0.3 is 0 Å². The summed E-state index contributed by atoms with van der Waals surface area (Å²) >= 11 is 1.76. The van der Waals surface area contributed by atoms with Crippen LogP contribution in [-0.4, -0.2) is 34.7 Å². The summed E-state index contributed by atoms with van der Waals surface area (Å²) in [5.41, 5.74) is 1.09. The maximum absolute atomic E-state index is 8.85. The van der Waals surface area contributed by atoms with Crippen molar-refractivity contribution < 1.29 is 5.11 Å². The molecule has 4 heteroatoms. The lowest BCUT2D eigenvalue weighted by molar-refractivity contribution is 0.225. The Labute approximate surface area is 106 Å². The summed E-state index contributed by atoms with van der Waals surface area (Å²) in [4.78, 5) is 6.94. The van der Waals surface area contributed by atoms with E-state index in [1.807, 2.05) is 12.1 Å². The standard InChI is InChI=1S/C13H18N2OS/c1-2-15(8-5-9-16)10-13-14-11-6-3-4-7-12(11)17-13/h3-4,6-7,16H,2,5,8-10H2,1H3. The van der Waals surface area contributed by atoms with Crippen LogP contribution in [0, 0.1) is 0 Å². The first-order chi connectivity index (χ1) is 8.33. The number of rotatable bonds is 6. The van der Waals surface area contributed by atoms with Gasteiger partial charge in [-0.3, -0.25) is 4.90 Å². The van der Waals surface area contributed by atoms with E-state index in [4.69, 9.17) is 5.11 Å². The van der Waals surface area contributed by atoms with Crippen LogP contribution in [-0.2, 0) is 6.54 Å². The lowest BCUT2D eigenvalue weighted by Gasteiger charge is -2.17. The monoisotopic (exact) mass is 250 g/mol. The summed E-state index contributed by atoms with van der Waals surface area (Å²) in [7, 11) is 0. The van der Waals surface area contributed by atoms with Crippen LogP contribution in [0.4, 0.5) is 0 Å². The highest BCUT2D eigenvalue weighted by Crippen LogP contribution is 2.22. The minimum atomic E-state index is 0.260. The SMILES string of the molecule is CCN(CCCO)Cc1nc2ccccc2s1. The van der Waals surface area contributed by atoms with Crippen LogP contribution < -0.4 is 0 Å². The molecule has 0 aliphatic carbocycles. The lowest BCUT2D eigenvalue weighted by Crippen LogP contribution is -2.24. The van der Waals surface area contributed by atoms with Crippen molar-refractivity contribution in [3.63, 3.8) is 0 Å². The maximum Gasteiger partial charge on any atom is 0.108 e. The Morgan fingerprint density at radius 1 is 1.35 bits per heavy atom. The Bertz CT molecular complexity index is 436. The molecule has 92 valence electrons. The van der Waals surface area contributed by atoms with Crippen molar-refractivity contribution >= 4 is 21.6 Å². The highest BCUT2D eigenvalue weighted by Gasteiger charge is 2.07. The fourth-order valence-corrected chi connectivity index (χ4v) is 2.83. The van der Waals surface area contributed by atoms with Gasteiger partial charge in [0.2, 0.25) is 0 Å². The normalized spacial score (nSPS) is 11.5. The summed E-state index contributed by atoms with van der Waals surface area (Å²) in [5, 5.41) is 10.0. The molecule has 0 atom stereocenters. The van der Waals surface area contributed by atoms with Crippen LogP contribution in [0.25, 0.3) is 10.2 Å². The fourth-order valence-electron chi connectivity index (χ4n) is 1.82. The molecule has 0 radical (unpaired) electrons. The second-order valence-corrected chi connectivity index (χ2v) is 5.14. The molecule has 2 aromatic rings. The number of aromatic nitrogens is 1. The summed E-state index contributed by atoms with van der Waals surface area (Å²) < 4.78 is 1.25. The fraction of sp³-hybridized carbons (Fsp3) is 0.462. The Hall–Kier alpha value is -0.970. The van der Waals surface area contributed by atoms with Crippen LogP contribution in [0.5, 0.6) is 0 Å². The van der Waals surface area contributed by atoms with Crippen LogP contribution in [0.15, 0.2) is 24.3 Å². The van der Waals surface area contributed by atoms with Crippen molar-refractivity contribution in [2.75, 3.05) is 19.7 Å². The van der Waals surface area contributed by atoms with E-state index in [-0.39, 0.29) is 6.61 Å². The molecule has 0 aliphatic heterocycles. The van der Waals surface area contributed by atoms with E-state index in [0.29, 0.717) is 0 Å². The van der Waals surface area contributed by atoms with Gasteiger partial charge in [0, 0.05) is 13.2 Å². The van der Waals surface area contributed by atoms with Gasteiger partial charge in [-0.2, -0.15) is 0 Å². The van der Waals surface area contributed by atoms with Gasteiger partial charge in [-0.25, -0.2) is 4.98 Å². The number of hydrogen-bond acceptors (Lipinski definition) is 4. The first kappa shape index (κ1) is 12.5. The van der Waals surface area contributed by atoms with Crippen molar-refractivity contribution in [2.45, 2.75) is 19.9 Å². The lowest BCUT2D eigenvalue weighted by atomic mass is 10.3. The number of fused-ring (bicyclic) bond motifs is 1. The number of hydrogen-bond donors (Lipinski definition) is 1. The number of aliphatic hydroxyl groups is 1. The molecule has 1 heterocycles. The largest absolute Gasteiger partial charge is 0.396 e. The third kappa shape index (κ3) is 3.25. The van der Waals surface area contributed by atoms with Crippen LogP contribution in [0.1, 0.15) is 18.4 Å². The van der Waals surface area contributed by atoms with Gasteiger partial charge in [-0.05, 0) is 25.1 Å². The van der Waals surface area contributed by atoms with E-state index in [1.165, 1.54) is 4.70 Å². The smallest absolute Gasteiger partial charge is 0.108 e. The van der Waals surface area contributed by atoms with E-state index in [0.717, 1.165) is 36.6 Å². The van der Waals surface area contributed by atoms with Crippen LogP contribution >= 0.6 is 11.3 Å². The molecule has 17 heavy (non-hydrogen) atoms. The molecular weight excluding hydrogens is 232 g/mol. The molecule has 2 rings (SSSR count). The van der Waals surface area contributed by atoms with Crippen molar-refractivity contribution in [3.8, 4) is 0 Å². The summed E-state index contributed by atoms with van der Waals surface area (Å²) in [6.45, 7) is 5.22. The van der Waals surface area contributed by atoms with Gasteiger partial charge in [-0.1, -0.05) is 19.1 Å². The Kier molecular flexibility index (Phi) is 4.48. The van der Waals surface area contributed by atoms with Gasteiger partial charge in [0.1, 0.15) is 5.01 Å². The van der Waals surface area contributed by atoms with Gasteiger partial charge in [-0.15, -0.1) is 11.3 Å². The number of benzene rings is 1. The average molecular weight is 250 g/mol. The van der Waals surface area contributed by atoms with Gasteiger partial charge < -0.3 is 5.11 Å².